The highest BCUT2D eigenvalue weighted by Gasteiger charge is 2.30. The lowest BCUT2D eigenvalue weighted by Crippen LogP contribution is -2.25. The Morgan fingerprint density at radius 3 is 2.30 bits per heavy atom. The minimum atomic E-state index is -4.15. The largest absolute Gasteiger partial charge is 0.472 e. The van der Waals surface area contributed by atoms with Gasteiger partial charge in [0.15, 0.2) is 5.78 Å². The van der Waals surface area contributed by atoms with Gasteiger partial charge in [-0.05, 0) is 24.8 Å². The third-order valence-corrected chi connectivity index (χ3v) is 4.56. The summed E-state index contributed by atoms with van der Waals surface area (Å²) in [4.78, 5) is 21.6. The van der Waals surface area contributed by atoms with Gasteiger partial charge in [-0.1, -0.05) is 45.1 Å². The first-order valence-electron chi connectivity index (χ1n) is 7.25. The summed E-state index contributed by atoms with van der Waals surface area (Å²) < 4.78 is 20.9. The van der Waals surface area contributed by atoms with Gasteiger partial charge in [-0.25, -0.2) is 4.57 Å². The molecule has 20 heavy (non-hydrogen) atoms. The van der Waals surface area contributed by atoms with Crippen molar-refractivity contribution in [2.45, 2.75) is 63.9 Å². The molecule has 1 aliphatic carbocycles. The van der Waals surface area contributed by atoms with Crippen molar-refractivity contribution in [2.24, 2.45) is 0 Å². The molecule has 0 saturated heterocycles. The molecule has 0 heterocycles. The molecular formula is C14H25O5P. The molecule has 2 atom stereocenters. The van der Waals surface area contributed by atoms with E-state index >= 15 is 0 Å². The van der Waals surface area contributed by atoms with Crippen LogP contribution in [0, 0.1) is 0 Å². The number of Topliss-reactive ketones (excluding diaryl/α,β-unsaturated/α-hetero) is 1. The van der Waals surface area contributed by atoms with Gasteiger partial charge in [0.1, 0.15) is 6.10 Å². The Bertz CT molecular complexity index is 380. The summed E-state index contributed by atoms with van der Waals surface area (Å²) in [7, 11) is -3.05. The van der Waals surface area contributed by atoms with Gasteiger partial charge in [0.05, 0.1) is 0 Å². The van der Waals surface area contributed by atoms with Crippen LogP contribution in [0.1, 0.15) is 57.8 Å². The van der Waals surface area contributed by atoms with Crippen LogP contribution in [-0.2, 0) is 18.4 Å². The van der Waals surface area contributed by atoms with Crippen LogP contribution < -0.4 is 0 Å². The summed E-state index contributed by atoms with van der Waals surface area (Å²) >= 11 is 0. The molecule has 0 aromatic heterocycles. The second-order valence-electron chi connectivity index (χ2n) is 5.23. The van der Waals surface area contributed by atoms with Crippen molar-refractivity contribution in [1.82, 2.24) is 0 Å². The molecule has 6 heteroatoms. The van der Waals surface area contributed by atoms with Gasteiger partial charge in [-0.3, -0.25) is 13.8 Å². The van der Waals surface area contributed by atoms with Crippen LogP contribution in [0.2, 0.25) is 0 Å². The fourth-order valence-corrected chi connectivity index (χ4v) is 2.95. The van der Waals surface area contributed by atoms with Crippen molar-refractivity contribution < 1.29 is 23.3 Å². The quantitative estimate of drug-likeness (QED) is 0.634. The summed E-state index contributed by atoms with van der Waals surface area (Å²) in [5.74, 6) is -0.267. The minimum Gasteiger partial charge on any atom is -0.302 e. The number of hydrogen-bond acceptors (Lipinski definition) is 4. The van der Waals surface area contributed by atoms with E-state index in [2.05, 4.69) is 11.1 Å². The Morgan fingerprint density at radius 2 is 1.70 bits per heavy atom. The lowest BCUT2D eigenvalue weighted by atomic mass is 9.96. The monoisotopic (exact) mass is 304 g/mol. The fraction of sp³-hybridized carbons (Fsp3) is 0.786. The lowest BCUT2D eigenvalue weighted by molar-refractivity contribution is -0.123. The lowest BCUT2D eigenvalue weighted by Gasteiger charge is -2.20. The predicted octanol–water partition coefficient (Wildman–Crippen LogP) is 3.77. The average molecular weight is 304 g/mol. The molecule has 0 aromatic carbocycles. The summed E-state index contributed by atoms with van der Waals surface area (Å²) in [5, 5.41) is 0. The van der Waals surface area contributed by atoms with Crippen molar-refractivity contribution in [1.29, 1.82) is 0 Å². The molecule has 1 fully saturated rings. The first-order chi connectivity index (χ1) is 9.46. The molecule has 1 aliphatic rings. The van der Waals surface area contributed by atoms with Crippen LogP contribution in [0.25, 0.3) is 0 Å². The second-order valence-corrected chi connectivity index (χ2v) is 6.74. The second kappa shape index (κ2) is 8.73. The van der Waals surface area contributed by atoms with E-state index in [1.54, 1.807) is 0 Å². The molecule has 0 aromatic rings. The predicted molar refractivity (Wildman–Crippen MR) is 77.4 cm³/mol. The maximum atomic E-state index is 12.2. The standard InChI is InChI=1S/C14H25O5P/c1-12-10-8-6-4-3-5-7-9-11-13(14(12)15)19-20(16,17)18-2/h13H,1,3-11H2,2H3,(H,16,17). The van der Waals surface area contributed by atoms with Gasteiger partial charge in [-0.2, -0.15) is 0 Å². The molecule has 116 valence electrons. The van der Waals surface area contributed by atoms with Crippen LogP contribution in [0.5, 0.6) is 0 Å². The molecule has 2 unspecified atom stereocenters. The number of ketones is 1. The van der Waals surface area contributed by atoms with Gasteiger partial charge in [0, 0.05) is 7.11 Å². The normalized spacial score (nSPS) is 26.4. The van der Waals surface area contributed by atoms with E-state index in [9.17, 15) is 14.3 Å². The van der Waals surface area contributed by atoms with E-state index in [0.29, 0.717) is 18.4 Å². The molecule has 1 saturated carbocycles. The Labute approximate surface area is 121 Å². The zero-order chi connectivity index (χ0) is 15.0. The van der Waals surface area contributed by atoms with Crippen molar-refractivity contribution >= 4 is 13.6 Å². The third kappa shape index (κ3) is 6.31. The van der Waals surface area contributed by atoms with E-state index in [0.717, 1.165) is 39.2 Å². The number of phosphoric acid groups is 1. The number of phosphoric ester groups is 1. The molecule has 0 bridgehead atoms. The Kier molecular flexibility index (Phi) is 7.67. The molecule has 0 radical (unpaired) electrons. The molecule has 0 spiro atoms. The Hall–Kier alpha value is -0.480. The maximum absolute atomic E-state index is 12.2. The molecule has 5 nitrogen and oxygen atoms in total. The number of carbonyl (C=O) groups excluding carboxylic acids is 1. The van der Waals surface area contributed by atoms with Gasteiger partial charge >= 0.3 is 7.82 Å². The maximum Gasteiger partial charge on any atom is 0.472 e. The third-order valence-electron chi connectivity index (χ3n) is 3.58. The smallest absolute Gasteiger partial charge is 0.302 e. The number of carbonyl (C=O) groups is 1. The van der Waals surface area contributed by atoms with E-state index in [-0.39, 0.29) is 5.78 Å². The summed E-state index contributed by atoms with van der Waals surface area (Å²) in [6, 6.07) is 0. The molecule has 0 amide bonds. The highest BCUT2D eigenvalue weighted by Crippen LogP contribution is 2.44. The number of hydrogen-bond donors (Lipinski definition) is 1. The summed E-state index contributed by atoms with van der Waals surface area (Å²) in [6.07, 6.45) is 7.48. The van der Waals surface area contributed by atoms with Gasteiger partial charge in [-0.15, -0.1) is 0 Å². The zero-order valence-electron chi connectivity index (χ0n) is 12.2. The minimum absolute atomic E-state index is 0.267. The summed E-state index contributed by atoms with van der Waals surface area (Å²) in [6.45, 7) is 3.79. The van der Waals surface area contributed by atoms with Crippen molar-refractivity contribution in [3.8, 4) is 0 Å². The summed E-state index contributed by atoms with van der Waals surface area (Å²) in [5.41, 5.74) is 0.478. The molecule has 1 rings (SSSR count). The highest BCUT2D eigenvalue weighted by atomic mass is 31.2. The van der Waals surface area contributed by atoms with Crippen LogP contribution in [0.15, 0.2) is 12.2 Å². The van der Waals surface area contributed by atoms with Crippen LogP contribution in [0.4, 0.5) is 0 Å². The van der Waals surface area contributed by atoms with Crippen molar-refractivity contribution in [3.05, 3.63) is 12.2 Å². The Balaban J connectivity index is 2.71. The van der Waals surface area contributed by atoms with E-state index in [1.165, 1.54) is 12.8 Å². The van der Waals surface area contributed by atoms with Gasteiger partial charge in [0.2, 0.25) is 0 Å². The first kappa shape index (κ1) is 17.6. The number of rotatable bonds is 3. The van der Waals surface area contributed by atoms with E-state index in [4.69, 9.17) is 4.52 Å². The Morgan fingerprint density at radius 1 is 1.15 bits per heavy atom. The SMILES string of the molecule is C=C1CCCCCCCCCC(OP(=O)(O)OC)C1=O. The van der Waals surface area contributed by atoms with Gasteiger partial charge < -0.3 is 4.89 Å². The van der Waals surface area contributed by atoms with Crippen molar-refractivity contribution in [3.63, 3.8) is 0 Å². The first-order valence-corrected chi connectivity index (χ1v) is 8.75. The van der Waals surface area contributed by atoms with Gasteiger partial charge in [0.25, 0.3) is 0 Å². The van der Waals surface area contributed by atoms with E-state index in [1.807, 2.05) is 0 Å². The fourth-order valence-electron chi connectivity index (χ4n) is 2.34. The zero-order valence-corrected chi connectivity index (χ0v) is 13.1. The van der Waals surface area contributed by atoms with E-state index < -0.39 is 13.9 Å². The molecule has 0 aliphatic heterocycles. The topological polar surface area (TPSA) is 72.8 Å². The highest BCUT2D eigenvalue weighted by molar-refractivity contribution is 7.47. The molecule has 1 N–H and O–H groups in total. The average Bonchev–Trinajstić information content (AvgIpc) is 2.41. The van der Waals surface area contributed by atoms with Crippen LogP contribution in [0.3, 0.4) is 0 Å². The van der Waals surface area contributed by atoms with Crippen molar-refractivity contribution in [2.75, 3.05) is 7.11 Å². The van der Waals surface area contributed by atoms with Crippen LogP contribution in [-0.4, -0.2) is 23.9 Å². The molecular weight excluding hydrogens is 279 g/mol. The van der Waals surface area contributed by atoms with Crippen LogP contribution >= 0.6 is 7.82 Å².